The summed E-state index contributed by atoms with van der Waals surface area (Å²) in [6, 6.07) is 0.447. The average Bonchev–Trinajstić information content (AvgIpc) is 2.57. The van der Waals surface area contributed by atoms with Gasteiger partial charge in [0.05, 0.1) is 6.61 Å². The van der Waals surface area contributed by atoms with Crippen molar-refractivity contribution in [1.82, 2.24) is 4.90 Å². The van der Waals surface area contributed by atoms with E-state index >= 15 is 0 Å². The van der Waals surface area contributed by atoms with E-state index < -0.39 is 0 Å². The third-order valence-electron chi connectivity index (χ3n) is 4.34. The van der Waals surface area contributed by atoms with Gasteiger partial charge in [0.15, 0.2) is 0 Å². The lowest BCUT2D eigenvalue weighted by Gasteiger charge is -2.44. The minimum absolute atomic E-state index is 0.191. The van der Waals surface area contributed by atoms with Crippen molar-refractivity contribution in [2.45, 2.75) is 58.5 Å². The summed E-state index contributed by atoms with van der Waals surface area (Å²) in [7, 11) is 1.78. The molecule has 0 heterocycles. The van der Waals surface area contributed by atoms with Crippen molar-refractivity contribution in [2.75, 3.05) is 26.8 Å². The van der Waals surface area contributed by atoms with Crippen LogP contribution in [-0.2, 0) is 4.74 Å². The standard InChI is InChI=1S/C14H30N2O/c1-6-16(12(2)9-17-5)14(11-15)8-7-13(3,4)10-14/h12H,6-11,15H2,1-5H3. The molecule has 0 bridgehead atoms. The van der Waals surface area contributed by atoms with Gasteiger partial charge in [-0.3, -0.25) is 4.90 Å². The van der Waals surface area contributed by atoms with Gasteiger partial charge in [0.1, 0.15) is 0 Å². The molecular formula is C14H30N2O. The number of nitrogens with two attached hydrogens (primary N) is 1. The SMILES string of the molecule is CCN(C(C)COC)C1(CN)CCC(C)(C)C1. The Kier molecular flexibility index (Phi) is 4.99. The number of ether oxygens (including phenoxy) is 1. The molecule has 3 heteroatoms. The second kappa shape index (κ2) is 5.68. The summed E-state index contributed by atoms with van der Waals surface area (Å²) in [5, 5.41) is 0. The first-order chi connectivity index (χ1) is 7.90. The molecule has 3 nitrogen and oxygen atoms in total. The van der Waals surface area contributed by atoms with Crippen molar-refractivity contribution in [3.05, 3.63) is 0 Å². The number of hydrogen-bond acceptors (Lipinski definition) is 3. The van der Waals surface area contributed by atoms with Gasteiger partial charge in [-0.15, -0.1) is 0 Å². The Morgan fingerprint density at radius 1 is 1.35 bits per heavy atom. The molecule has 0 amide bonds. The van der Waals surface area contributed by atoms with E-state index in [0.717, 1.165) is 19.7 Å². The van der Waals surface area contributed by atoms with Crippen molar-refractivity contribution < 1.29 is 4.74 Å². The van der Waals surface area contributed by atoms with Crippen LogP contribution in [0.5, 0.6) is 0 Å². The lowest BCUT2D eigenvalue weighted by Crippen LogP contribution is -2.57. The summed E-state index contributed by atoms with van der Waals surface area (Å²) in [4.78, 5) is 2.56. The number of hydrogen-bond donors (Lipinski definition) is 1. The van der Waals surface area contributed by atoms with E-state index in [1.54, 1.807) is 7.11 Å². The highest BCUT2D eigenvalue weighted by Gasteiger charge is 2.46. The zero-order valence-electron chi connectivity index (χ0n) is 12.3. The van der Waals surface area contributed by atoms with E-state index in [4.69, 9.17) is 10.5 Å². The van der Waals surface area contributed by atoms with Crippen LogP contribution >= 0.6 is 0 Å². The number of likely N-dealkylation sites (N-methyl/N-ethyl adjacent to an activating group) is 1. The first kappa shape index (κ1) is 14.9. The van der Waals surface area contributed by atoms with E-state index in [1.165, 1.54) is 19.3 Å². The van der Waals surface area contributed by atoms with Crippen molar-refractivity contribution >= 4 is 0 Å². The number of rotatable bonds is 6. The predicted molar refractivity (Wildman–Crippen MR) is 73.1 cm³/mol. The molecule has 0 saturated heterocycles. The van der Waals surface area contributed by atoms with Crippen LogP contribution in [0.3, 0.4) is 0 Å². The smallest absolute Gasteiger partial charge is 0.0615 e. The lowest BCUT2D eigenvalue weighted by molar-refractivity contribution is 0.0181. The summed E-state index contributed by atoms with van der Waals surface area (Å²) in [5.41, 5.74) is 6.74. The molecule has 0 spiro atoms. The van der Waals surface area contributed by atoms with Gasteiger partial charge in [0.25, 0.3) is 0 Å². The second-order valence-corrected chi connectivity index (χ2v) is 6.36. The van der Waals surface area contributed by atoms with Crippen LogP contribution in [0.2, 0.25) is 0 Å². The van der Waals surface area contributed by atoms with Gasteiger partial charge >= 0.3 is 0 Å². The lowest BCUT2D eigenvalue weighted by atomic mass is 9.86. The first-order valence-corrected chi connectivity index (χ1v) is 6.86. The van der Waals surface area contributed by atoms with Gasteiger partial charge in [-0.1, -0.05) is 20.8 Å². The third-order valence-corrected chi connectivity index (χ3v) is 4.34. The van der Waals surface area contributed by atoms with Crippen molar-refractivity contribution in [3.8, 4) is 0 Å². The molecular weight excluding hydrogens is 212 g/mol. The molecule has 1 rings (SSSR count). The van der Waals surface area contributed by atoms with E-state index in [-0.39, 0.29) is 5.54 Å². The summed E-state index contributed by atoms with van der Waals surface area (Å²) in [5.74, 6) is 0. The Bertz CT molecular complexity index is 242. The van der Waals surface area contributed by atoms with Crippen LogP contribution in [0, 0.1) is 5.41 Å². The van der Waals surface area contributed by atoms with Crippen LogP contribution in [0.15, 0.2) is 0 Å². The maximum Gasteiger partial charge on any atom is 0.0615 e. The maximum absolute atomic E-state index is 6.12. The van der Waals surface area contributed by atoms with E-state index in [1.807, 2.05) is 0 Å². The molecule has 0 radical (unpaired) electrons. The van der Waals surface area contributed by atoms with Crippen LogP contribution in [-0.4, -0.2) is 43.3 Å². The van der Waals surface area contributed by atoms with Crippen LogP contribution in [0.1, 0.15) is 47.0 Å². The monoisotopic (exact) mass is 242 g/mol. The molecule has 2 atom stereocenters. The van der Waals surface area contributed by atoms with Crippen molar-refractivity contribution in [3.63, 3.8) is 0 Å². The first-order valence-electron chi connectivity index (χ1n) is 6.86. The molecule has 102 valence electrons. The Balaban J connectivity index is 2.83. The fraction of sp³-hybridized carbons (Fsp3) is 1.00. The molecule has 1 fully saturated rings. The second-order valence-electron chi connectivity index (χ2n) is 6.36. The quantitative estimate of drug-likeness (QED) is 0.776. The highest BCUT2D eigenvalue weighted by atomic mass is 16.5. The number of nitrogens with zero attached hydrogens (tertiary/aromatic N) is 1. The Hall–Kier alpha value is -0.120. The number of methoxy groups -OCH3 is 1. The Labute approximate surface area is 107 Å². The molecule has 0 aromatic carbocycles. The summed E-state index contributed by atoms with van der Waals surface area (Å²) in [6.07, 6.45) is 3.71. The van der Waals surface area contributed by atoms with E-state index in [9.17, 15) is 0 Å². The molecule has 0 aromatic rings. The third kappa shape index (κ3) is 3.21. The van der Waals surface area contributed by atoms with Gasteiger partial charge in [0, 0.05) is 25.2 Å². The molecule has 1 saturated carbocycles. The molecule has 1 aliphatic carbocycles. The zero-order valence-corrected chi connectivity index (χ0v) is 12.3. The molecule has 17 heavy (non-hydrogen) atoms. The zero-order chi connectivity index (χ0) is 13.1. The summed E-state index contributed by atoms with van der Waals surface area (Å²) >= 11 is 0. The molecule has 0 aromatic heterocycles. The minimum atomic E-state index is 0.191. The van der Waals surface area contributed by atoms with Crippen LogP contribution in [0.25, 0.3) is 0 Å². The highest BCUT2D eigenvalue weighted by Crippen LogP contribution is 2.46. The molecule has 2 unspecified atom stereocenters. The fourth-order valence-electron chi connectivity index (χ4n) is 3.62. The summed E-state index contributed by atoms with van der Waals surface area (Å²) < 4.78 is 5.30. The largest absolute Gasteiger partial charge is 0.383 e. The van der Waals surface area contributed by atoms with Gasteiger partial charge in [-0.2, -0.15) is 0 Å². The average molecular weight is 242 g/mol. The Morgan fingerprint density at radius 3 is 2.35 bits per heavy atom. The molecule has 1 aliphatic rings. The predicted octanol–water partition coefficient (Wildman–Crippen LogP) is 2.25. The van der Waals surface area contributed by atoms with Gasteiger partial charge in [0.2, 0.25) is 0 Å². The van der Waals surface area contributed by atoms with Crippen molar-refractivity contribution in [2.24, 2.45) is 11.1 Å². The maximum atomic E-state index is 6.12. The highest BCUT2D eigenvalue weighted by molar-refractivity contribution is 5.03. The van der Waals surface area contributed by atoms with Gasteiger partial charge in [-0.05, 0) is 38.1 Å². The fourth-order valence-corrected chi connectivity index (χ4v) is 3.62. The molecule has 0 aliphatic heterocycles. The summed E-state index contributed by atoms with van der Waals surface area (Å²) in [6.45, 7) is 11.8. The minimum Gasteiger partial charge on any atom is -0.383 e. The van der Waals surface area contributed by atoms with E-state index in [2.05, 4.69) is 32.6 Å². The normalized spacial score (nSPS) is 29.8. The van der Waals surface area contributed by atoms with Crippen LogP contribution < -0.4 is 5.73 Å². The Morgan fingerprint density at radius 2 is 2.00 bits per heavy atom. The van der Waals surface area contributed by atoms with Crippen molar-refractivity contribution in [1.29, 1.82) is 0 Å². The topological polar surface area (TPSA) is 38.5 Å². The van der Waals surface area contributed by atoms with Gasteiger partial charge in [-0.25, -0.2) is 0 Å². The van der Waals surface area contributed by atoms with E-state index in [0.29, 0.717) is 11.5 Å². The molecule has 2 N–H and O–H groups in total. The van der Waals surface area contributed by atoms with Crippen LogP contribution in [0.4, 0.5) is 0 Å². The van der Waals surface area contributed by atoms with Gasteiger partial charge < -0.3 is 10.5 Å².